The summed E-state index contributed by atoms with van der Waals surface area (Å²) in [6.07, 6.45) is 2.20. The van der Waals surface area contributed by atoms with E-state index in [9.17, 15) is 0 Å². The standard InChI is InChI=1S/C11H14BrN/c1-2-11(13)7-9(11)8-5-3-4-6-10(8)12/h3-6,9H,2,7,13H2,1H3/t9-,11+/m0/s1. The van der Waals surface area contributed by atoms with Crippen molar-refractivity contribution >= 4 is 15.9 Å². The van der Waals surface area contributed by atoms with Crippen LogP contribution in [0.2, 0.25) is 0 Å². The van der Waals surface area contributed by atoms with Crippen molar-refractivity contribution in [2.75, 3.05) is 0 Å². The van der Waals surface area contributed by atoms with Gasteiger partial charge in [0.25, 0.3) is 0 Å². The highest BCUT2D eigenvalue weighted by atomic mass is 79.9. The molecule has 2 rings (SSSR count). The third-order valence-electron chi connectivity index (χ3n) is 3.06. The van der Waals surface area contributed by atoms with Gasteiger partial charge in [-0.05, 0) is 24.5 Å². The second kappa shape index (κ2) is 3.10. The monoisotopic (exact) mass is 239 g/mol. The van der Waals surface area contributed by atoms with Gasteiger partial charge in [0, 0.05) is 15.9 Å². The summed E-state index contributed by atoms with van der Waals surface area (Å²) in [5.41, 5.74) is 7.61. The van der Waals surface area contributed by atoms with Gasteiger partial charge in [0.2, 0.25) is 0 Å². The molecule has 1 fully saturated rings. The number of hydrogen-bond donors (Lipinski definition) is 1. The molecule has 1 aromatic carbocycles. The van der Waals surface area contributed by atoms with Crippen molar-refractivity contribution in [2.45, 2.75) is 31.2 Å². The zero-order chi connectivity index (χ0) is 9.47. The van der Waals surface area contributed by atoms with E-state index in [1.165, 1.54) is 10.0 Å². The molecule has 0 unspecified atom stereocenters. The number of nitrogens with two attached hydrogens (primary N) is 1. The third kappa shape index (κ3) is 1.53. The van der Waals surface area contributed by atoms with Crippen LogP contribution in [0.25, 0.3) is 0 Å². The molecule has 2 heteroatoms. The molecule has 0 amide bonds. The van der Waals surface area contributed by atoms with Crippen LogP contribution in [0.1, 0.15) is 31.2 Å². The molecule has 0 radical (unpaired) electrons. The molecule has 1 aliphatic rings. The van der Waals surface area contributed by atoms with Gasteiger partial charge >= 0.3 is 0 Å². The van der Waals surface area contributed by atoms with Crippen LogP contribution in [-0.4, -0.2) is 5.54 Å². The Bertz CT molecular complexity index is 324. The van der Waals surface area contributed by atoms with Crippen molar-refractivity contribution in [2.24, 2.45) is 5.73 Å². The van der Waals surface area contributed by atoms with Gasteiger partial charge in [-0.15, -0.1) is 0 Å². The van der Waals surface area contributed by atoms with Gasteiger partial charge in [-0.3, -0.25) is 0 Å². The molecule has 0 aromatic heterocycles. The summed E-state index contributed by atoms with van der Waals surface area (Å²) in [5, 5.41) is 0. The minimum Gasteiger partial charge on any atom is -0.325 e. The van der Waals surface area contributed by atoms with E-state index in [1.807, 2.05) is 6.07 Å². The zero-order valence-electron chi connectivity index (χ0n) is 7.76. The SMILES string of the molecule is CC[C@@]1(N)C[C@H]1c1ccccc1Br. The Morgan fingerprint density at radius 2 is 2.23 bits per heavy atom. The molecule has 1 saturated carbocycles. The predicted octanol–water partition coefficient (Wildman–Crippen LogP) is 3.04. The largest absolute Gasteiger partial charge is 0.325 e. The van der Waals surface area contributed by atoms with E-state index in [2.05, 4.69) is 41.1 Å². The highest BCUT2D eigenvalue weighted by molar-refractivity contribution is 9.10. The molecule has 0 heterocycles. The quantitative estimate of drug-likeness (QED) is 0.844. The zero-order valence-corrected chi connectivity index (χ0v) is 9.34. The average Bonchev–Trinajstić information content (AvgIpc) is 2.80. The molecular formula is C11H14BrN. The molecular weight excluding hydrogens is 226 g/mol. The Hall–Kier alpha value is -0.340. The van der Waals surface area contributed by atoms with Crippen molar-refractivity contribution in [3.05, 3.63) is 34.3 Å². The fourth-order valence-corrected chi connectivity index (χ4v) is 2.45. The van der Waals surface area contributed by atoms with Crippen LogP contribution >= 0.6 is 15.9 Å². The molecule has 2 atom stereocenters. The molecule has 2 N–H and O–H groups in total. The lowest BCUT2D eigenvalue weighted by molar-refractivity contribution is 0.625. The summed E-state index contributed by atoms with van der Waals surface area (Å²) < 4.78 is 1.20. The molecule has 0 saturated heterocycles. The molecule has 13 heavy (non-hydrogen) atoms. The minimum absolute atomic E-state index is 0.0733. The second-order valence-electron chi connectivity index (χ2n) is 3.86. The van der Waals surface area contributed by atoms with Crippen LogP contribution in [-0.2, 0) is 0 Å². The third-order valence-corrected chi connectivity index (χ3v) is 3.78. The predicted molar refractivity (Wildman–Crippen MR) is 58.7 cm³/mol. The normalized spacial score (nSPS) is 31.8. The van der Waals surface area contributed by atoms with Crippen molar-refractivity contribution in [3.63, 3.8) is 0 Å². The van der Waals surface area contributed by atoms with Crippen molar-refractivity contribution < 1.29 is 0 Å². The summed E-state index contributed by atoms with van der Waals surface area (Å²) in [4.78, 5) is 0. The molecule has 1 aliphatic carbocycles. The summed E-state index contributed by atoms with van der Waals surface area (Å²) >= 11 is 3.56. The molecule has 0 spiro atoms. The van der Waals surface area contributed by atoms with E-state index in [1.54, 1.807) is 0 Å². The molecule has 1 aromatic rings. The Labute approximate surface area is 87.5 Å². The van der Waals surface area contributed by atoms with E-state index < -0.39 is 0 Å². The number of rotatable bonds is 2. The van der Waals surface area contributed by atoms with Crippen molar-refractivity contribution in [3.8, 4) is 0 Å². The molecule has 70 valence electrons. The summed E-state index contributed by atoms with van der Waals surface area (Å²) in [5.74, 6) is 0.563. The first-order chi connectivity index (χ1) is 6.17. The van der Waals surface area contributed by atoms with E-state index in [-0.39, 0.29) is 5.54 Å². The van der Waals surface area contributed by atoms with Crippen LogP contribution < -0.4 is 5.73 Å². The number of hydrogen-bond acceptors (Lipinski definition) is 1. The summed E-state index contributed by atoms with van der Waals surface area (Å²) in [6, 6.07) is 8.37. The van der Waals surface area contributed by atoms with E-state index in [0.717, 1.165) is 12.8 Å². The first kappa shape index (κ1) is 9.22. The Kier molecular flexibility index (Phi) is 2.20. The highest BCUT2D eigenvalue weighted by Crippen LogP contribution is 2.52. The maximum absolute atomic E-state index is 6.17. The Morgan fingerprint density at radius 1 is 1.54 bits per heavy atom. The highest BCUT2D eigenvalue weighted by Gasteiger charge is 2.50. The van der Waals surface area contributed by atoms with Gasteiger partial charge in [-0.25, -0.2) is 0 Å². The van der Waals surface area contributed by atoms with Crippen LogP contribution in [0.4, 0.5) is 0 Å². The maximum Gasteiger partial charge on any atom is 0.0228 e. The number of halogens is 1. The lowest BCUT2D eigenvalue weighted by atomic mass is 10.1. The fraction of sp³-hybridized carbons (Fsp3) is 0.455. The van der Waals surface area contributed by atoms with E-state index in [4.69, 9.17) is 5.73 Å². The van der Waals surface area contributed by atoms with Crippen LogP contribution in [0.3, 0.4) is 0 Å². The van der Waals surface area contributed by atoms with E-state index >= 15 is 0 Å². The maximum atomic E-state index is 6.17. The van der Waals surface area contributed by atoms with Gasteiger partial charge in [0.1, 0.15) is 0 Å². The topological polar surface area (TPSA) is 26.0 Å². The number of benzene rings is 1. The van der Waals surface area contributed by atoms with Gasteiger partial charge in [-0.2, -0.15) is 0 Å². The first-order valence-corrected chi connectivity index (χ1v) is 5.50. The molecule has 1 nitrogen and oxygen atoms in total. The Morgan fingerprint density at radius 3 is 2.77 bits per heavy atom. The fourth-order valence-electron chi connectivity index (χ4n) is 1.89. The molecule has 0 aliphatic heterocycles. The van der Waals surface area contributed by atoms with Crippen molar-refractivity contribution in [1.82, 2.24) is 0 Å². The van der Waals surface area contributed by atoms with E-state index in [0.29, 0.717) is 5.92 Å². The second-order valence-corrected chi connectivity index (χ2v) is 4.72. The van der Waals surface area contributed by atoms with Crippen LogP contribution in [0.5, 0.6) is 0 Å². The Balaban J connectivity index is 2.25. The smallest absolute Gasteiger partial charge is 0.0228 e. The van der Waals surface area contributed by atoms with Gasteiger partial charge < -0.3 is 5.73 Å². The lowest BCUT2D eigenvalue weighted by Crippen LogP contribution is -2.22. The van der Waals surface area contributed by atoms with Gasteiger partial charge in [0.05, 0.1) is 0 Å². The van der Waals surface area contributed by atoms with Gasteiger partial charge in [0.15, 0.2) is 0 Å². The van der Waals surface area contributed by atoms with Crippen molar-refractivity contribution in [1.29, 1.82) is 0 Å². The van der Waals surface area contributed by atoms with Crippen LogP contribution in [0.15, 0.2) is 28.7 Å². The molecule has 0 bridgehead atoms. The summed E-state index contributed by atoms with van der Waals surface area (Å²) in [6.45, 7) is 2.16. The van der Waals surface area contributed by atoms with Crippen LogP contribution in [0, 0.1) is 0 Å². The summed E-state index contributed by atoms with van der Waals surface area (Å²) in [7, 11) is 0. The minimum atomic E-state index is 0.0733. The lowest BCUT2D eigenvalue weighted by Gasteiger charge is -2.08. The van der Waals surface area contributed by atoms with Gasteiger partial charge in [-0.1, -0.05) is 41.1 Å². The first-order valence-electron chi connectivity index (χ1n) is 4.70. The average molecular weight is 240 g/mol.